The van der Waals surface area contributed by atoms with E-state index in [-0.39, 0.29) is 11.5 Å². The number of nitrogens with zero attached hydrogens (tertiary/aromatic N) is 1. The van der Waals surface area contributed by atoms with E-state index >= 15 is 0 Å². The van der Waals surface area contributed by atoms with Gasteiger partial charge in [0.15, 0.2) is 0 Å². The van der Waals surface area contributed by atoms with Gasteiger partial charge in [-0.1, -0.05) is 19.3 Å². The Morgan fingerprint density at radius 1 is 1.26 bits per heavy atom. The van der Waals surface area contributed by atoms with Gasteiger partial charge in [-0.25, -0.2) is 8.42 Å². The maximum atomic E-state index is 12.6. The van der Waals surface area contributed by atoms with Crippen molar-refractivity contribution >= 4 is 16.0 Å². The van der Waals surface area contributed by atoms with Gasteiger partial charge in [-0.05, 0) is 44.0 Å². The van der Waals surface area contributed by atoms with Crippen LogP contribution in [0, 0.1) is 11.3 Å². The average molecular weight is 336 g/mol. The minimum Gasteiger partial charge on any atom is -0.465 e. The van der Waals surface area contributed by atoms with Crippen LogP contribution in [0.25, 0.3) is 0 Å². The number of carbonyl (C=O) groups excluding carboxylic acids is 1. The first-order valence-corrected chi connectivity index (χ1v) is 9.13. The predicted molar refractivity (Wildman–Crippen MR) is 83.9 cm³/mol. The minimum absolute atomic E-state index is 0.0331. The fourth-order valence-corrected chi connectivity index (χ4v) is 4.21. The van der Waals surface area contributed by atoms with Crippen molar-refractivity contribution in [1.29, 1.82) is 5.26 Å². The van der Waals surface area contributed by atoms with Gasteiger partial charge in [0.05, 0.1) is 23.1 Å². The molecule has 1 aromatic carbocycles. The molecule has 0 unspecified atom stereocenters. The van der Waals surface area contributed by atoms with E-state index in [2.05, 4.69) is 4.72 Å². The third-order valence-corrected chi connectivity index (χ3v) is 5.55. The summed E-state index contributed by atoms with van der Waals surface area (Å²) in [5.74, 6) is -0.517. The summed E-state index contributed by atoms with van der Waals surface area (Å²) in [6, 6.07) is 7.54. The lowest BCUT2D eigenvalue weighted by molar-refractivity contribution is -0.151. The van der Waals surface area contributed by atoms with Crippen molar-refractivity contribution in [3.63, 3.8) is 0 Å². The van der Waals surface area contributed by atoms with Crippen molar-refractivity contribution in [2.75, 3.05) is 6.61 Å². The number of carbonyl (C=O) groups is 1. The Morgan fingerprint density at radius 2 is 1.87 bits per heavy atom. The van der Waals surface area contributed by atoms with E-state index < -0.39 is 21.5 Å². The van der Waals surface area contributed by atoms with Gasteiger partial charge in [0.2, 0.25) is 10.0 Å². The zero-order chi connectivity index (χ0) is 16.9. The molecule has 0 bridgehead atoms. The second-order valence-electron chi connectivity index (χ2n) is 5.60. The molecule has 1 aliphatic carbocycles. The third kappa shape index (κ3) is 3.89. The molecule has 1 aliphatic rings. The number of nitriles is 1. The van der Waals surface area contributed by atoms with Gasteiger partial charge in [-0.2, -0.15) is 9.98 Å². The summed E-state index contributed by atoms with van der Waals surface area (Å²) in [5.41, 5.74) is -0.817. The Balaban J connectivity index is 2.30. The lowest BCUT2D eigenvalue weighted by Crippen LogP contribution is -2.56. The van der Waals surface area contributed by atoms with Crippen molar-refractivity contribution in [2.24, 2.45) is 0 Å². The van der Waals surface area contributed by atoms with E-state index in [0.717, 1.165) is 19.3 Å². The van der Waals surface area contributed by atoms with Crippen LogP contribution in [0.15, 0.2) is 29.2 Å². The second-order valence-corrected chi connectivity index (χ2v) is 7.29. The van der Waals surface area contributed by atoms with Crippen LogP contribution in [0.5, 0.6) is 0 Å². The molecule has 0 radical (unpaired) electrons. The lowest BCUT2D eigenvalue weighted by atomic mass is 9.82. The highest BCUT2D eigenvalue weighted by molar-refractivity contribution is 7.89. The molecule has 0 saturated heterocycles. The Labute approximate surface area is 136 Å². The molecule has 1 N–H and O–H groups in total. The van der Waals surface area contributed by atoms with E-state index in [1.54, 1.807) is 6.92 Å². The normalized spacial score (nSPS) is 17.2. The van der Waals surface area contributed by atoms with Gasteiger partial charge in [-0.15, -0.1) is 0 Å². The van der Waals surface area contributed by atoms with Crippen molar-refractivity contribution in [2.45, 2.75) is 49.5 Å². The zero-order valence-electron chi connectivity index (χ0n) is 13.0. The molecule has 0 heterocycles. The summed E-state index contributed by atoms with van der Waals surface area (Å²) in [4.78, 5) is 12.4. The summed E-state index contributed by atoms with van der Waals surface area (Å²) in [6.07, 6.45) is 3.38. The first-order valence-electron chi connectivity index (χ1n) is 7.65. The molecule has 1 aromatic rings. The first kappa shape index (κ1) is 17.4. The number of ether oxygens (including phenoxy) is 1. The van der Waals surface area contributed by atoms with Gasteiger partial charge >= 0.3 is 5.97 Å². The quantitative estimate of drug-likeness (QED) is 0.831. The minimum atomic E-state index is -3.87. The number of sulfonamides is 1. The highest BCUT2D eigenvalue weighted by Crippen LogP contribution is 2.31. The van der Waals surface area contributed by atoms with Crippen molar-refractivity contribution < 1.29 is 17.9 Å². The van der Waals surface area contributed by atoms with Crippen molar-refractivity contribution in [1.82, 2.24) is 4.72 Å². The molecule has 0 atom stereocenters. The summed E-state index contributed by atoms with van der Waals surface area (Å²) < 4.78 is 32.9. The van der Waals surface area contributed by atoms with Crippen molar-refractivity contribution in [3.05, 3.63) is 29.8 Å². The number of benzene rings is 1. The topological polar surface area (TPSA) is 96.3 Å². The monoisotopic (exact) mass is 336 g/mol. The maximum Gasteiger partial charge on any atom is 0.327 e. The predicted octanol–water partition coefficient (Wildman–Crippen LogP) is 2.10. The molecule has 1 fully saturated rings. The molecule has 2 rings (SSSR count). The molecule has 6 nitrogen and oxygen atoms in total. The maximum absolute atomic E-state index is 12.6. The molecule has 0 aromatic heterocycles. The summed E-state index contributed by atoms with van der Waals surface area (Å²) in [6.45, 7) is 1.91. The second kappa shape index (κ2) is 7.11. The molecular formula is C16H20N2O4S. The van der Waals surface area contributed by atoms with Crippen LogP contribution in [0.3, 0.4) is 0 Å². The number of hydrogen-bond donors (Lipinski definition) is 1. The Hall–Kier alpha value is -1.91. The van der Waals surface area contributed by atoms with Crippen LogP contribution < -0.4 is 4.72 Å². The average Bonchev–Trinajstić information content (AvgIpc) is 2.55. The Morgan fingerprint density at radius 3 is 2.39 bits per heavy atom. The SMILES string of the molecule is CCOC(=O)C1(NS(=O)(=O)c2ccc(C#N)cc2)CCCCC1. The molecule has 1 saturated carbocycles. The van der Waals surface area contributed by atoms with Crippen LogP contribution in [-0.4, -0.2) is 26.5 Å². The molecular weight excluding hydrogens is 316 g/mol. The van der Waals surface area contributed by atoms with Crippen LogP contribution >= 0.6 is 0 Å². The number of esters is 1. The number of rotatable bonds is 5. The summed E-state index contributed by atoms with van der Waals surface area (Å²) in [5, 5.41) is 8.79. The first-order chi connectivity index (χ1) is 10.9. The highest BCUT2D eigenvalue weighted by atomic mass is 32.2. The number of nitrogens with one attached hydrogen (secondary N) is 1. The largest absolute Gasteiger partial charge is 0.465 e. The summed E-state index contributed by atoms with van der Waals surface area (Å²) in [7, 11) is -3.87. The Bertz CT molecular complexity index is 699. The van der Waals surface area contributed by atoms with Gasteiger partial charge < -0.3 is 4.74 Å². The summed E-state index contributed by atoms with van der Waals surface area (Å²) >= 11 is 0. The van der Waals surface area contributed by atoms with Gasteiger partial charge in [0.1, 0.15) is 5.54 Å². The third-order valence-electron chi connectivity index (χ3n) is 4.00. The number of hydrogen-bond acceptors (Lipinski definition) is 5. The van der Waals surface area contributed by atoms with E-state index in [4.69, 9.17) is 10.00 Å². The Kier molecular flexibility index (Phi) is 5.39. The van der Waals surface area contributed by atoms with Crippen LogP contribution in [0.2, 0.25) is 0 Å². The van der Waals surface area contributed by atoms with Crippen molar-refractivity contribution in [3.8, 4) is 6.07 Å². The van der Waals surface area contributed by atoms with Crippen LogP contribution in [0.1, 0.15) is 44.6 Å². The molecule has 0 amide bonds. The van der Waals surface area contributed by atoms with Gasteiger partial charge in [-0.3, -0.25) is 4.79 Å². The zero-order valence-corrected chi connectivity index (χ0v) is 13.9. The fraction of sp³-hybridized carbons (Fsp3) is 0.500. The molecule has 124 valence electrons. The van der Waals surface area contributed by atoms with Gasteiger partial charge in [0, 0.05) is 0 Å². The standard InChI is InChI=1S/C16H20N2O4S/c1-2-22-15(19)16(10-4-3-5-11-16)18-23(20,21)14-8-6-13(12-17)7-9-14/h6-9,18H,2-5,10-11H2,1H3. The van der Waals surface area contributed by atoms with Crippen LogP contribution in [-0.2, 0) is 19.6 Å². The van der Waals surface area contributed by atoms with E-state index in [1.165, 1.54) is 24.3 Å². The smallest absolute Gasteiger partial charge is 0.327 e. The van der Waals surface area contributed by atoms with E-state index in [9.17, 15) is 13.2 Å². The lowest BCUT2D eigenvalue weighted by Gasteiger charge is -2.35. The van der Waals surface area contributed by atoms with Gasteiger partial charge in [0.25, 0.3) is 0 Å². The van der Waals surface area contributed by atoms with E-state index in [1.807, 2.05) is 6.07 Å². The van der Waals surface area contributed by atoms with E-state index in [0.29, 0.717) is 18.4 Å². The molecule has 7 heteroatoms. The molecule has 0 spiro atoms. The highest BCUT2D eigenvalue weighted by Gasteiger charge is 2.44. The fourth-order valence-electron chi connectivity index (χ4n) is 2.80. The molecule has 23 heavy (non-hydrogen) atoms. The van der Waals surface area contributed by atoms with Crippen LogP contribution in [0.4, 0.5) is 0 Å². The molecule has 0 aliphatic heterocycles.